The Labute approximate surface area is 156 Å². The molecule has 3 aromatic rings. The van der Waals surface area contributed by atoms with Crippen molar-refractivity contribution in [3.63, 3.8) is 0 Å². The molecule has 1 aromatic carbocycles. The highest BCUT2D eigenvalue weighted by Gasteiger charge is 2.26. The van der Waals surface area contributed by atoms with Gasteiger partial charge in [-0.1, -0.05) is 23.5 Å². The monoisotopic (exact) mass is 373 g/mol. The summed E-state index contributed by atoms with van der Waals surface area (Å²) < 4.78 is 8.23. The Hall–Kier alpha value is -2.10. The van der Waals surface area contributed by atoms with Crippen LogP contribution in [0.4, 0.5) is 5.13 Å². The Balaban J connectivity index is 1.41. The molecule has 9 heteroatoms. The SMILES string of the molecule is COCCn1nnnc1C(C)N1CCN(c2nc3ccccc3s2)CC1. The van der Waals surface area contributed by atoms with Gasteiger partial charge in [-0.15, -0.1) is 5.10 Å². The van der Waals surface area contributed by atoms with Crippen LogP contribution in [0.15, 0.2) is 24.3 Å². The fourth-order valence-electron chi connectivity index (χ4n) is 3.31. The van der Waals surface area contributed by atoms with Gasteiger partial charge in [-0.05, 0) is 29.5 Å². The number of anilines is 1. The number of thiazole rings is 1. The van der Waals surface area contributed by atoms with Crippen LogP contribution in [-0.4, -0.2) is 70.0 Å². The predicted molar refractivity (Wildman–Crippen MR) is 102 cm³/mol. The number of nitrogens with zero attached hydrogens (tertiary/aromatic N) is 7. The van der Waals surface area contributed by atoms with Crippen LogP contribution in [0.3, 0.4) is 0 Å². The minimum atomic E-state index is 0.180. The lowest BCUT2D eigenvalue weighted by molar-refractivity contribution is 0.166. The molecule has 0 radical (unpaired) electrons. The van der Waals surface area contributed by atoms with Gasteiger partial charge in [0.2, 0.25) is 0 Å². The highest BCUT2D eigenvalue weighted by molar-refractivity contribution is 7.22. The Kier molecular flexibility index (Phi) is 5.09. The summed E-state index contributed by atoms with van der Waals surface area (Å²) in [5.74, 6) is 0.899. The van der Waals surface area contributed by atoms with E-state index in [0.29, 0.717) is 13.2 Å². The van der Waals surface area contributed by atoms with Gasteiger partial charge >= 0.3 is 0 Å². The molecule has 1 unspecified atom stereocenters. The Bertz CT molecular complexity index is 823. The molecule has 1 aliphatic rings. The van der Waals surface area contributed by atoms with Crippen molar-refractivity contribution in [3.05, 3.63) is 30.1 Å². The van der Waals surface area contributed by atoms with E-state index in [-0.39, 0.29) is 6.04 Å². The highest BCUT2D eigenvalue weighted by atomic mass is 32.1. The van der Waals surface area contributed by atoms with E-state index in [0.717, 1.165) is 42.7 Å². The first-order valence-electron chi connectivity index (χ1n) is 8.86. The minimum Gasteiger partial charge on any atom is -0.383 e. The van der Waals surface area contributed by atoms with E-state index >= 15 is 0 Å². The summed E-state index contributed by atoms with van der Waals surface area (Å²) in [5.41, 5.74) is 1.08. The first-order valence-corrected chi connectivity index (χ1v) is 9.67. The van der Waals surface area contributed by atoms with Crippen LogP contribution in [0.2, 0.25) is 0 Å². The summed E-state index contributed by atoms with van der Waals surface area (Å²) in [4.78, 5) is 9.59. The third-order valence-electron chi connectivity index (χ3n) is 4.86. The number of fused-ring (bicyclic) bond motifs is 1. The number of tetrazole rings is 1. The van der Waals surface area contributed by atoms with Gasteiger partial charge < -0.3 is 9.64 Å². The molecule has 26 heavy (non-hydrogen) atoms. The molecule has 138 valence electrons. The van der Waals surface area contributed by atoms with E-state index in [2.05, 4.69) is 50.4 Å². The maximum atomic E-state index is 5.14. The van der Waals surface area contributed by atoms with Crippen LogP contribution in [0, 0.1) is 0 Å². The van der Waals surface area contributed by atoms with E-state index in [1.165, 1.54) is 4.70 Å². The van der Waals surface area contributed by atoms with Crippen molar-refractivity contribution in [1.29, 1.82) is 0 Å². The lowest BCUT2D eigenvalue weighted by Crippen LogP contribution is -2.47. The van der Waals surface area contributed by atoms with Gasteiger partial charge in [-0.3, -0.25) is 4.90 Å². The van der Waals surface area contributed by atoms with Gasteiger partial charge in [0.25, 0.3) is 0 Å². The molecule has 0 bridgehead atoms. The average molecular weight is 373 g/mol. The summed E-state index contributed by atoms with van der Waals surface area (Å²) in [5, 5.41) is 13.3. The Morgan fingerprint density at radius 3 is 2.77 bits per heavy atom. The van der Waals surface area contributed by atoms with Gasteiger partial charge in [0.1, 0.15) is 0 Å². The molecule has 1 fully saturated rings. The van der Waals surface area contributed by atoms with Gasteiger partial charge in [0.15, 0.2) is 11.0 Å². The van der Waals surface area contributed by atoms with Crippen molar-refractivity contribution >= 4 is 26.7 Å². The van der Waals surface area contributed by atoms with E-state index in [1.54, 1.807) is 18.4 Å². The number of aromatic nitrogens is 5. The average Bonchev–Trinajstić information content (AvgIpc) is 3.32. The molecule has 2 aromatic heterocycles. The zero-order valence-corrected chi connectivity index (χ0v) is 15.9. The fraction of sp³-hybridized carbons (Fsp3) is 0.529. The number of para-hydroxylation sites is 1. The molecule has 3 heterocycles. The van der Waals surface area contributed by atoms with Crippen molar-refractivity contribution < 1.29 is 4.74 Å². The molecule has 0 spiro atoms. The number of piperazine rings is 1. The maximum Gasteiger partial charge on any atom is 0.186 e. The van der Waals surface area contributed by atoms with Crippen LogP contribution in [0.1, 0.15) is 18.8 Å². The predicted octanol–water partition coefficient (Wildman–Crippen LogP) is 1.81. The third-order valence-corrected chi connectivity index (χ3v) is 5.95. The van der Waals surface area contributed by atoms with Gasteiger partial charge in [-0.2, -0.15) is 0 Å². The molecule has 0 saturated carbocycles. The number of ether oxygens (including phenoxy) is 1. The van der Waals surface area contributed by atoms with Crippen molar-refractivity contribution in [3.8, 4) is 0 Å². The lowest BCUT2D eigenvalue weighted by atomic mass is 10.2. The van der Waals surface area contributed by atoms with Crippen LogP contribution in [0.5, 0.6) is 0 Å². The largest absolute Gasteiger partial charge is 0.383 e. The molecule has 1 saturated heterocycles. The standard InChI is InChI=1S/C17H23N7OS/c1-13(16-19-20-21-24(16)11-12-25-2)22-7-9-23(10-8-22)17-18-14-5-3-4-6-15(14)26-17/h3-6,13H,7-12H2,1-2H3. The molecule has 4 rings (SSSR count). The lowest BCUT2D eigenvalue weighted by Gasteiger charge is -2.37. The number of rotatable bonds is 6. The molecule has 1 aliphatic heterocycles. The maximum absolute atomic E-state index is 5.14. The Morgan fingerprint density at radius 2 is 2.00 bits per heavy atom. The van der Waals surface area contributed by atoms with Crippen molar-refractivity contribution in [2.45, 2.75) is 19.5 Å². The molecule has 0 aliphatic carbocycles. The van der Waals surface area contributed by atoms with Gasteiger partial charge in [0.05, 0.1) is 29.4 Å². The number of hydrogen-bond acceptors (Lipinski definition) is 8. The van der Waals surface area contributed by atoms with Crippen LogP contribution < -0.4 is 4.90 Å². The van der Waals surface area contributed by atoms with Crippen molar-refractivity contribution in [2.24, 2.45) is 0 Å². The molecular weight excluding hydrogens is 350 g/mol. The number of hydrogen-bond donors (Lipinski definition) is 0. The summed E-state index contributed by atoms with van der Waals surface area (Å²) >= 11 is 1.77. The fourth-order valence-corrected chi connectivity index (χ4v) is 4.32. The molecular formula is C17H23N7OS. The van der Waals surface area contributed by atoms with Crippen LogP contribution in [-0.2, 0) is 11.3 Å². The van der Waals surface area contributed by atoms with Crippen molar-refractivity contribution in [2.75, 3.05) is 44.8 Å². The number of methoxy groups -OCH3 is 1. The van der Waals surface area contributed by atoms with Gasteiger partial charge in [0, 0.05) is 33.3 Å². The summed E-state index contributed by atoms with van der Waals surface area (Å²) in [6.07, 6.45) is 0. The van der Waals surface area contributed by atoms with E-state index in [4.69, 9.17) is 9.72 Å². The normalized spacial score (nSPS) is 17.1. The summed E-state index contributed by atoms with van der Waals surface area (Å²) in [7, 11) is 1.69. The smallest absolute Gasteiger partial charge is 0.186 e. The van der Waals surface area contributed by atoms with E-state index in [1.807, 2.05) is 10.7 Å². The van der Waals surface area contributed by atoms with Gasteiger partial charge in [-0.25, -0.2) is 9.67 Å². The second-order valence-electron chi connectivity index (χ2n) is 6.42. The third kappa shape index (κ3) is 3.42. The molecule has 1 atom stereocenters. The summed E-state index contributed by atoms with van der Waals surface area (Å²) in [6, 6.07) is 8.50. The molecule has 0 N–H and O–H groups in total. The summed E-state index contributed by atoms with van der Waals surface area (Å²) in [6.45, 7) is 7.31. The van der Waals surface area contributed by atoms with Crippen LogP contribution >= 0.6 is 11.3 Å². The Morgan fingerprint density at radius 1 is 1.19 bits per heavy atom. The quantitative estimate of drug-likeness (QED) is 0.652. The second kappa shape index (κ2) is 7.65. The van der Waals surface area contributed by atoms with Crippen molar-refractivity contribution in [1.82, 2.24) is 30.1 Å². The van der Waals surface area contributed by atoms with Crippen LogP contribution in [0.25, 0.3) is 10.2 Å². The zero-order valence-electron chi connectivity index (χ0n) is 15.1. The number of benzene rings is 1. The minimum absolute atomic E-state index is 0.180. The first-order chi connectivity index (χ1) is 12.8. The molecule has 8 nitrogen and oxygen atoms in total. The molecule has 0 amide bonds. The topological polar surface area (TPSA) is 72.2 Å². The van der Waals surface area contributed by atoms with E-state index in [9.17, 15) is 0 Å². The highest BCUT2D eigenvalue weighted by Crippen LogP contribution is 2.30. The zero-order chi connectivity index (χ0) is 17.9. The van der Waals surface area contributed by atoms with E-state index < -0.39 is 0 Å². The first kappa shape index (κ1) is 17.3. The second-order valence-corrected chi connectivity index (χ2v) is 7.43.